The summed E-state index contributed by atoms with van der Waals surface area (Å²) in [6.07, 6.45) is 0. The molecule has 0 fully saturated rings. The molecule has 5 aromatic carbocycles. The van der Waals surface area contributed by atoms with Gasteiger partial charge in [-0.3, -0.25) is 9.59 Å². The number of esters is 2. The Labute approximate surface area is 192 Å². The van der Waals surface area contributed by atoms with Crippen LogP contribution >= 0.6 is 0 Å². The molecule has 0 saturated heterocycles. The van der Waals surface area contributed by atoms with Gasteiger partial charge >= 0.3 is 11.9 Å². The van der Waals surface area contributed by atoms with Crippen LogP contribution in [0.25, 0.3) is 32.3 Å². The van der Waals surface area contributed by atoms with Crippen LogP contribution in [0.4, 0.5) is 5.69 Å². The third-order valence-corrected chi connectivity index (χ3v) is 6.60. The molecule has 0 aliphatic carbocycles. The second kappa shape index (κ2) is 6.36. The van der Waals surface area contributed by atoms with Crippen molar-refractivity contribution in [1.29, 1.82) is 0 Å². The summed E-state index contributed by atoms with van der Waals surface area (Å²) in [6.45, 7) is 0. The molecular formula is C28H13NO5. The Morgan fingerprint density at radius 3 is 1.62 bits per heavy atom. The van der Waals surface area contributed by atoms with E-state index in [4.69, 9.17) is 4.74 Å². The van der Waals surface area contributed by atoms with Crippen LogP contribution in [0.15, 0.2) is 78.9 Å². The summed E-state index contributed by atoms with van der Waals surface area (Å²) < 4.78 is 4.79. The zero-order valence-corrected chi connectivity index (χ0v) is 17.5. The molecule has 2 amide bonds. The molecular weight excluding hydrogens is 430 g/mol. The molecule has 5 aromatic rings. The summed E-state index contributed by atoms with van der Waals surface area (Å²) in [7, 11) is 0. The van der Waals surface area contributed by atoms with Crippen molar-refractivity contribution in [3.05, 3.63) is 101 Å². The third-order valence-electron chi connectivity index (χ3n) is 6.60. The molecule has 0 aromatic heterocycles. The van der Waals surface area contributed by atoms with Crippen molar-refractivity contribution in [2.24, 2.45) is 0 Å². The van der Waals surface area contributed by atoms with Crippen LogP contribution < -0.4 is 4.90 Å². The van der Waals surface area contributed by atoms with Crippen molar-refractivity contribution < 1.29 is 23.9 Å². The molecule has 2 aliphatic rings. The molecule has 0 unspecified atom stereocenters. The highest BCUT2D eigenvalue weighted by atomic mass is 16.6. The van der Waals surface area contributed by atoms with Gasteiger partial charge in [-0.1, -0.05) is 30.3 Å². The van der Waals surface area contributed by atoms with E-state index in [1.54, 1.807) is 6.07 Å². The Hall–Kier alpha value is -4.84. The van der Waals surface area contributed by atoms with Crippen molar-refractivity contribution in [3.63, 3.8) is 0 Å². The van der Waals surface area contributed by atoms with Crippen LogP contribution in [0, 0.1) is 0 Å². The number of ether oxygens (including phenoxy) is 1. The molecule has 2 heterocycles. The van der Waals surface area contributed by atoms with Crippen LogP contribution in [0.1, 0.15) is 41.4 Å². The predicted octanol–water partition coefficient (Wildman–Crippen LogP) is 5.26. The van der Waals surface area contributed by atoms with Gasteiger partial charge in [0.1, 0.15) is 0 Å². The fourth-order valence-corrected chi connectivity index (χ4v) is 5.02. The molecule has 0 spiro atoms. The van der Waals surface area contributed by atoms with Crippen molar-refractivity contribution in [1.82, 2.24) is 0 Å². The number of imide groups is 1. The Balaban J connectivity index is 1.44. The zero-order valence-electron chi connectivity index (χ0n) is 17.5. The summed E-state index contributed by atoms with van der Waals surface area (Å²) in [5, 5.41) is 4.68. The fraction of sp³-hybridized carbons (Fsp3) is 0. The van der Waals surface area contributed by atoms with Crippen molar-refractivity contribution in [2.45, 2.75) is 0 Å². The number of nitrogens with zero attached hydrogens (tertiary/aromatic N) is 1. The summed E-state index contributed by atoms with van der Waals surface area (Å²) in [6, 6.07) is 23.5. The molecule has 34 heavy (non-hydrogen) atoms. The van der Waals surface area contributed by atoms with Crippen LogP contribution in [0.5, 0.6) is 0 Å². The number of anilines is 1. The lowest BCUT2D eigenvalue weighted by atomic mass is 9.87. The number of benzene rings is 5. The van der Waals surface area contributed by atoms with E-state index in [9.17, 15) is 19.2 Å². The van der Waals surface area contributed by atoms with Gasteiger partial charge in [0.2, 0.25) is 0 Å². The average molecular weight is 443 g/mol. The first-order chi connectivity index (χ1) is 16.5. The maximum atomic E-state index is 13.6. The van der Waals surface area contributed by atoms with Crippen LogP contribution in [-0.2, 0) is 4.74 Å². The first-order valence-electron chi connectivity index (χ1n) is 10.7. The quantitative estimate of drug-likeness (QED) is 0.153. The molecule has 0 atom stereocenters. The molecule has 160 valence electrons. The number of amides is 2. The van der Waals surface area contributed by atoms with Gasteiger partial charge in [0.15, 0.2) is 0 Å². The van der Waals surface area contributed by atoms with Gasteiger partial charge < -0.3 is 4.74 Å². The van der Waals surface area contributed by atoms with Gasteiger partial charge in [-0.05, 0) is 70.1 Å². The van der Waals surface area contributed by atoms with E-state index in [1.807, 2.05) is 42.5 Å². The number of carbonyl (C=O) groups excluding carboxylic acids is 4. The standard InChI is InChI=1S/C28H13NO5/c30-25-19-7-9-21-24-22(28(33)34-27(21)32)10-8-20(23(19)24)26(31)29(25)18-6-5-16-11-14-3-1-2-4-15(14)12-17(16)13-18/h1-13H. The third kappa shape index (κ3) is 2.34. The van der Waals surface area contributed by atoms with Crippen molar-refractivity contribution in [3.8, 4) is 0 Å². The molecule has 0 bridgehead atoms. The first kappa shape index (κ1) is 18.7. The summed E-state index contributed by atoms with van der Waals surface area (Å²) in [5.41, 5.74) is 1.31. The Morgan fingerprint density at radius 2 is 1.00 bits per heavy atom. The Kier molecular flexibility index (Phi) is 3.50. The van der Waals surface area contributed by atoms with Gasteiger partial charge in [-0.25, -0.2) is 14.5 Å². The minimum absolute atomic E-state index is 0.168. The molecule has 7 rings (SSSR count). The van der Waals surface area contributed by atoms with E-state index >= 15 is 0 Å². The smallest absolute Gasteiger partial charge is 0.346 e. The van der Waals surface area contributed by atoms with Gasteiger partial charge in [0, 0.05) is 21.9 Å². The SMILES string of the molecule is O=C1OC(=O)c2ccc3c4c(ccc1c24)C(=O)N(c1ccc2cc4ccccc4cc2c1)C3=O. The largest absolute Gasteiger partial charge is 0.386 e. The van der Waals surface area contributed by atoms with Gasteiger partial charge in [-0.15, -0.1) is 0 Å². The average Bonchev–Trinajstić information content (AvgIpc) is 2.84. The number of carbonyl (C=O) groups is 4. The minimum atomic E-state index is -0.787. The van der Waals surface area contributed by atoms with Crippen LogP contribution in [0.3, 0.4) is 0 Å². The number of fused-ring (bicyclic) bond motifs is 2. The molecule has 0 saturated carbocycles. The zero-order chi connectivity index (χ0) is 23.1. The molecule has 6 heteroatoms. The highest BCUT2D eigenvalue weighted by Crippen LogP contribution is 2.39. The molecule has 0 radical (unpaired) electrons. The molecule has 2 aliphatic heterocycles. The Bertz CT molecular complexity index is 1750. The maximum Gasteiger partial charge on any atom is 0.346 e. The van der Waals surface area contributed by atoms with E-state index in [-0.39, 0.29) is 22.3 Å². The first-order valence-corrected chi connectivity index (χ1v) is 10.7. The highest BCUT2D eigenvalue weighted by Gasteiger charge is 2.38. The van der Waals surface area contributed by atoms with E-state index in [0.29, 0.717) is 16.5 Å². The monoisotopic (exact) mass is 443 g/mol. The predicted molar refractivity (Wildman–Crippen MR) is 126 cm³/mol. The van der Waals surface area contributed by atoms with Crippen molar-refractivity contribution in [2.75, 3.05) is 4.90 Å². The second-order valence-electron chi connectivity index (χ2n) is 8.42. The Morgan fingerprint density at radius 1 is 0.500 bits per heavy atom. The van der Waals surface area contributed by atoms with Gasteiger partial charge in [-0.2, -0.15) is 0 Å². The lowest BCUT2D eigenvalue weighted by molar-refractivity contribution is 0.0390. The second-order valence-corrected chi connectivity index (χ2v) is 8.42. The lowest BCUT2D eigenvalue weighted by Gasteiger charge is -2.29. The molecule has 0 N–H and O–H groups in total. The number of hydrogen-bond acceptors (Lipinski definition) is 5. The highest BCUT2D eigenvalue weighted by molar-refractivity contribution is 6.38. The van der Waals surface area contributed by atoms with E-state index in [2.05, 4.69) is 6.07 Å². The van der Waals surface area contributed by atoms with E-state index < -0.39 is 23.8 Å². The van der Waals surface area contributed by atoms with E-state index in [1.165, 1.54) is 24.3 Å². The summed E-state index contributed by atoms with van der Waals surface area (Å²) >= 11 is 0. The molecule has 6 nitrogen and oxygen atoms in total. The summed E-state index contributed by atoms with van der Waals surface area (Å²) in [5.74, 6) is -2.59. The number of cyclic esters (lactones) is 2. The normalized spacial score (nSPS) is 14.9. The lowest BCUT2D eigenvalue weighted by Crippen LogP contribution is -2.41. The van der Waals surface area contributed by atoms with Gasteiger partial charge in [0.25, 0.3) is 11.8 Å². The van der Waals surface area contributed by atoms with Crippen molar-refractivity contribution >= 4 is 61.8 Å². The van der Waals surface area contributed by atoms with Gasteiger partial charge in [0.05, 0.1) is 16.8 Å². The number of hydrogen-bond donors (Lipinski definition) is 0. The summed E-state index contributed by atoms with van der Waals surface area (Å²) in [4.78, 5) is 52.8. The maximum absolute atomic E-state index is 13.6. The topological polar surface area (TPSA) is 80.8 Å². The van der Waals surface area contributed by atoms with E-state index in [0.717, 1.165) is 26.4 Å². The van der Waals surface area contributed by atoms with Crippen LogP contribution in [-0.4, -0.2) is 23.8 Å². The number of rotatable bonds is 1. The van der Waals surface area contributed by atoms with Crippen LogP contribution in [0.2, 0.25) is 0 Å². The fourth-order valence-electron chi connectivity index (χ4n) is 5.02. The minimum Gasteiger partial charge on any atom is -0.386 e.